The third kappa shape index (κ3) is 3.96. The Labute approximate surface area is 141 Å². The molecule has 3 rings (SSSR count). The van der Waals surface area contributed by atoms with Crippen LogP contribution in [0.15, 0.2) is 36.4 Å². The normalized spacial score (nSPS) is 13.2. The summed E-state index contributed by atoms with van der Waals surface area (Å²) in [5, 5.41) is 2.52. The Hall–Kier alpha value is -2.74. The summed E-state index contributed by atoms with van der Waals surface area (Å²) in [6.07, 6.45) is 1.74. The van der Waals surface area contributed by atoms with Gasteiger partial charge in [0.25, 0.3) is 5.91 Å². The summed E-state index contributed by atoms with van der Waals surface area (Å²) in [7, 11) is 0. The number of hydrogen-bond acceptors (Lipinski definition) is 4. The highest BCUT2D eigenvalue weighted by molar-refractivity contribution is 7.17. The van der Waals surface area contributed by atoms with Crippen LogP contribution in [0.5, 0.6) is 0 Å². The van der Waals surface area contributed by atoms with Crippen LogP contribution in [-0.2, 0) is 9.59 Å². The Morgan fingerprint density at radius 2 is 1.67 bits per heavy atom. The minimum Gasteiger partial charge on any atom is -0.345 e. The van der Waals surface area contributed by atoms with Gasteiger partial charge in [0.05, 0.1) is 4.88 Å². The van der Waals surface area contributed by atoms with Crippen LogP contribution in [0.4, 0.5) is 4.39 Å². The van der Waals surface area contributed by atoms with Crippen molar-refractivity contribution in [3.05, 3.63) is 47.1 Å². The minimum absolute atomic E-state index is 0.0644. The number of hydrazine groups is 1. The Morgan fingerprint density at radius 1 is 0.958 bits per heavy atom. The summed E-state index contributed by atoms with van der Waals surface area (Å²) in [4.78, 5) is 36.1. The SMILES string of the molecule is O=C(NNC(=O)c1ccc(-c2ccc(F)cc2)s1)C(=O)NC1CC1. The molecule has 0 aliphatic heterocycles. The highest BCUT2D eigenvalue weighted by atomic mass is 32.1. The molecule has 0 bridgehead atoms. The number of halogens is 1. The molecule has 0 radical (unpaired) electrons. The maximum atomic E-state index is 12.9. The molecule has 24 heavy (non-hydrogen) atoms. The zero-order valence-corrected chi connectivity index (χ0v) is 13.3. The molecule has 1 fully saturated rings. The molecule has 0 atom stereocenters. The van der Waals surface area contributed by atoms with Crippen molar-refractivity contribution in [2.45, 2.75) is 18.9 Å². The van der Waals surface area contributed by atoms with Crippen molar-refractivity contribution in [1.82, 2.24) is 16.2 Å². The van der Waals surface area contributed by atoms with Crippen molar-refractivity contribution in [3.63, 3.8) is 0 Å². The van der Waals surface area contributed by atoms with Crippen LogP contribution in [0, 0.1) is 5.82 Å². The molecule has 1 aliphatic rings. The number of carbonyl (C=O) groups excluding carboxylic acids is 3. The Kier molecular flexibility index (Phi) is 4.57. The van der Waals surface area contributed by atoms with Gasteiger partial charge >= 0.3 is 11.8 Å². The summed E-state index contributed by atoms with van der Waals surface area (Å²) in [6.45, 7) is 0. The lowest BCUT2D eigenvalue weighted by atomic mass is 10.2. The van der Waals surface area contributed by atoms with E-state index in [1.165, 1.54) is 23.5 Å². The summed E-state index contributed by atoms with van der Waals surface area (Å²) >= 11 is 1.19. The van der Waals surface area contributed by atoms with Gasteiger partial charge in [-0.15, -0.1) is 11.3 Å². The molecule has 3 N–H and O–H groups in total. The lowest BCUT2D eigenvalue weighted by Crippen LogP contribution is -2.48. The zero-order valence-electron chi connectivity index (χ0n) is 12.5. The highest BCUT2D eigenvalue weighted by Crippen LogP contribution is 2.28. The second-order valence-corrected chi connectivity index (χ2v) is 6.41. The van der Waals surface area contributed by atoms with E-state index in [-0.39, 0.29) is 11.9 Å². The molecule has 1 aromatic heterocycles. The largest absolute Gasteiger partial charge is 0.345 e. The molecule has 1 aromatic carbocycles. The maximum Gasteiger partial charge on any atom is 0.327 e. The molecule has 0 saturated heterocycles. The van der Waals surface area contributed by atoms with Gasteiger partial charge < -0.3 is 5.32 Å². The van der Waals surface area contributed by atoms with Crippen molar-refractivity contribution >= 4 is 29.1 Å². The van der Waals surface area contributed by atoms with E-state index in [4.69, 9.17) is 0 Å². The van der Waals surface area contributed by atoms with Crippen LogP contribution in [0.3, 0.4) is 0 Å². The highest BCUT2D eigenvalue weighted by Gasteiger charge is 2.26. The molecular formula is C16H14FN3O3S. The van der Waals surface area contributed by atoms with Gasteiger partial charge in [0.2, 0.25) is 0 Å². The lowest BCUT2D eigenvalue weighted by Gasteiger charge is -2.06. The third-order valence-corrected chi connectivity index (χ3v) is 4.50. The van der Waals surface area contributed by atoms with Gasteiger partial charge in [0, 0.05) is 10.9 Å². The molecule has 2 aromatic rings. The van der Waals surface area contributed by atoms with E-state index in [0.717, 1.165) is 23.3 Å². The van der Waals surface area contributed by atoms with E-state index in [1.54, 1.807) is 24.3 Å². The monoisotopic (exact) mass is 347 g/mol. The Balaban J connectivity index is 1.56. The van der Waals surface area contributed by atoms with Crippen LogP contribution in [0.1, 0.15) is 22.5 Å². The summed E-state index contributed by atoms with van der Waals surface area (Å²) in [5.41, 5.74) is 5.06. The van der Waals surface area contributed by atoms with Gasteiger partial charge in [-0.2, -0.15) is 0 Å². The fourth-order valence-corrected chi connectivity index (χ4v) is 2.85. The fourth-order valence-electron chi connectivity index (χ4n) is 1.94. The molecule has 6 nitrogen and oxygen atoms in total. The summed E-state index contributed by atoms with van der Waals surface area (Å²) in [5.74, 6) is -2.54. The summed E-state index contributed by atoms with van der Waals surface area (Å²) in [6, 6.07) is 9.30. The van der Waals surface area contributed by atoms with Gasteiger partial charge in [-0.05, 0) is 42.7 Å². The number of nitrogens with one attached hydrogen (secondary N) is 3. The predicted octanol–water partition coefficient (Wildman–Crippen LogP) is 1.59. The second kappa shape index (κ2) is 6.79. The van der Waals surface area contributed by atoms with Crippen LogP contribution in [0.2, 0.25) is 0 Å². The van der Waals surface area contributed by atoms with Crippen LogP contribution in [0.25, 0.3) is 10.4 Å². The summed E-state index contributed by atoms with van der Waals surface area (Å²) < 4.78 is 12.9. The van der Waals surface area contributed by atoms with Gasteiger partial charge in [0.15, 0.2) is 0 Å². The molecular weight excluding hydrogens is 333 g/mol. The van der Waals surface area contributed by atoms with Crippen molar-refractivity contribution in [1.29, 1.82) is 0 Å². The number of thiophene rings is 1. The second-order valence-electron chi connectivity index (χ2n) is 5.33. The minimum atomic E-state index is -0.912. The molecule has 1 aliphatic carbocycles. The topological polar surface area (TPSA) is 87.3 Å². The van der Waals surface area contributed by atoms with E-state index in [1.807, 2.05) is 0 Å². The molecule has 3 amide bonds. The van der Waals surface area contributed by atoms with Crippen LogP contribution >= 0.6 is 11.3 Å². The number of benzene rings is 1. The molecule has 1 saturated carbocycles. The van der Waals surface area contributed by atoms with Gasteiger partial charge in [-0.3, -0.25) is 25.2 Å². The first-order valence-corrected chi connectivity index (χ1v) is 8.11. The van der Waals surface area contributed by atoms with E-state index < -0.39 is 17.7 Å². The van der Waals surface area contributed by atoms with Crippen molar-refractivity contribution in [3.8, 4) is 10.4 Å². The molecule has 1 heterocycles. The lowest BCUT2D eigenvalue weighted by molar-refractivity contribution is -0.139. The molecule has 0 spiro atoms. The van der Waals surface area contributed by atoms with Crippen LogP contribution in [-0.4, -0.2) is 23.8 Å². The first-order chi connectivity index (χ1) is 11.5. The molecule has 0 unspecified atom stereocenters. The Bertz CT molecular complexity index is 784. The number of carbonyl (C=O) groups is 3. The van der Waals surface area contributed by atoms with E-state index in [0.29, 0.717) is 4.88 Å². The van der Waals surface area contributed by atoms with Crippen molar-refractivity contribution in [2.24, 2.45) is 0 Å². The van der Waals surface area contributed by atoms with Gasteiger partial charge in [-0.25, -0.2) is 4.39 Å². The average molecular weight is 347 g/mol. The smallest absolute Gasteiger partial charge is 0.327 e. The third-order valence-electron chi connectivity index (χ3n) is 3.37. The first-order valence-electron chi connectivity index (χ1n) is 7.30. The maximum absolute atomic E-state index is 12.9. The zero-order chi connectivity index (χ0) is 17.1. The van der Waals surface area contributed by atoms with E-state index in [9.17, 15) is 18.8 Å². The number of rotatable bonds is 3. The molecule has 8 heteroatoms. The van der Waals surface area contributed by atoms with Crippen LogP contribution < -0.4 is 16.2 Å². The fraction of sp³-hybridized carbons (Fsp3) is 0.188. The Morgan fingerprint density at radius 3 is 2.33 bits per heavy atom. The van der Waals surface area contributed by atoms with Crippen molar-refractivity contribution in [2.75, 3.05) is 0 Å². The predicted molar refractivity (Wildman–Crippen MR) is 86.5 cm³/mol. The number of hydrogen-bond donors (Lipinski definition) is 3. The standard InChI is InChI=1S/C16H14FN3O3S/c17-10-3-1-9(2-4-10)12-7-8-13(24-12)14(21)19-20-16(23)15(22)18-11-5-6-11/h1-4,7-8,11H,5-6H2,(H,18,22)(H,19,21)(H,20,23). The average Bonchev–Trinajstić information content (AvgIpc) is 3.25. The molecule has 124 valence electrons. The van der Waals surface area contributed by atoms with E-state index in [2.05, 4.69) is 16.2 Å². The quantitative estimate of drug-likeness (QED) is 0.582. The van der Waals surface area contributed by atoms with Gasteiger partial charge in [0.1, 0.15) is 5.82 Å². The number of amides is 3. The van der Waals surface area contributed by atoms with Gasteiger partial charge in [-0.1, -0.05) is 12.1 Å². The first kappa shape index (κ1) is 16.1. The van der Waals surface area contributed by atoms with Crippen molar-refractivity contribution < 1.29 is 18.8 Å². The van der Waals surface area contributed by atoms with E-state index >= 15 is 0 Å².